The van der Waals surface area contributed by atoms with Crippen LogP contribution in [0.15, 0.2) is 0 Å². The molecule has 0 aliphatic heterocycles. The lowest BCUT2D eigenvalue weighted by Crippen LogP contribution is -2.26. The summed E-state index contributed by atoms with van der Waals surface area (Å²) >= 11 is 0. The molecule has 66 valence electrons. The van der Waals surface area contributed by atoms with Crippen molar-refractivity contribution in [3.63, 3.8) is 0 Å². The van der Waals surface area contributed by atoms with Crippen molar-refractivity contribution in [2.75, 3.05) is 6.61 Å². The van der Waals surface area contributed by atoms with Crippen LogP contribution in [-0.2, 0) is 4.74 Å². The van der Waals surface area contributed by atoms with Crippen molar-refractivity contribution in [3.8, 4) is 0 Å². The normalized spacial score (nSPS) is 11.5. The highest BCUT2D eigenvalue weighted by molar-refractivity contribution is 5.76. The summed E-state index contributed by atoms with van der Waals surface area (Å²) in [5, 5.41) is 7.03. The Bertz CT molecular complexity index is 132. The van der Waals surface area contributed by atoms with Crippen LogP contribution in [0.25, 0.3) is 0 Å². The van der Waals surface area contributed by atoms with Gasteiger partial charge in [0, 0.05) is 13.0 Å². The van der Waals surface area contributed by atoms with Crippen molar-refractivity contribution in [1.82, 2.24) is 0 Å². The highest BCUT2D eigenvalue weighted by Gasteiger charge is 2.16. The van der Waals surface area contributed by atoms with E-state index < -0.39 is 0 Å². The molecule has 0 rings (SSSR count). The molecule has 0 bridgehead atoms. The lowest BCUT2D eigenvalue weighted by Gasteiger charge is -2.24. The van der Waals surface area contributed by atoms with Crippen LogP contribution in [0.1, 0.15) is 33.6 Å². The molecule has 0 fully saturated rings. The van der Waals surface area contributed by atoms with Gasteiger partial charge in [-0.1, -0.05) is 0 Å². The van der Waals surface area contributed by atoms with E-state index >= 15 is 0 Å². The van der Waals surface area contributed by atoms with E-state index in [-0.39, 0.29) is 11.4 Å². The number of rotatable bonds is 5. The number of nitrogens with one attached hydrogen (secondary N) is 1. The van der Waals surface area contributed by atoms with Crippen LogP contribution in [0.3, 0.4) is 0 Å². The molecule has 0 aliphatic carbocycles. The second-order valence-electron chi connectivity index (χ2n) is 3.22. The van der Waals surface area contributed by atoms with E-state index in [9.17, 15) is 0 Å². The van der Waals surface area contributed by atoms with Gasteiger partial charge in [-0.25, -0.2) is 0 Å². The molecule has 3 N–H and O–H groups in total. The smallest absolute Gasteiger partial charge is 0.0906 e. The molecular weight excluding hydrogens is 140 g/mol. The number of nitrogens with two attached hydrogens (primary N) is 1. The first-order valence-corrected chi connectivity index (χ1v) is 3.95. The molecule has 0 aromatic rings. The molecule has 0 amide bonds. The van der Waals surface area contributed by atoms with Crippen LogP contribution in [-0.4, -0.2) is 18.0 Å². The summed E-state index contributed by atoms with van der Waals surface area (Å²) in [5.41, 5.74) is 5.09. The molecule has 3 heteroatoms. The molecule has 0 radical (unpaired) electrons. The average Bonchev–Trinajstić information content (AvgIpc) is 1.84. The second-order valence-corrected chi connectivity index (χ2v) is 3.22. The van der Waals surface area contributed by atoms with Gasteiger partial charge in [0.25, 0.3) is 0 Å². The molecule has 0 saturated heterocycles. The minimum atomic E-state index is -0.138. The van der Waals surface area contributed by atoms with Gasteiger partial charge in [-0.2, -0.15) is 0 Å². The Morgan fingerprint density at radius 1 is 1.55 bits per heavy atom. The summed E-state index contributed by atoms with van der Waals surface area (Å²) in [4.78, 5) is 0. The van der Waals surface area contributed by atoms with Gasteiger partial charge in [0.2, 0.25) is 0 Å². The maximum atomic E-state index is 7.03. The third kappa shape index (κ3) is 5.85. The molecule has 0 unspecified atom stereocenters. The molecular formula is C8H18N2O. The number of ether oxygens (including phenoxy) is 1. The zero-order chi connectivity index (χ0) is 8.91. The minimum absolute atomic E-state index is 0.138. The zero-order valence-electron chi connectivity index (χ0n) is 7.61. The highest BCUT2D eigenvalue weighted by Crippen LogP contribution is 2.15. The SMILES string of the molecule is CCOC(C)(C)CCC(=N)N. The van der Waals surface area contributed by atoms with E-state index in [2.05, 4.69) is 0 Å². The zero-order valence-corrected chi connectivity index (χ0v) is 7.61. The Morgan fingerprint density at radius 2 is 2.09 bits per heavy atom. The first kappa shape index (κ1) is 10.4. The Kier molecular flexibility index (Phi) is 4.11. The monoisotopic (exact) mass is 158 g/mol. The maximum Gasteiger partial charge on any atom is 0.0906 e. The van der Waals surface area contributed by atoms with Crippen LogP contribution < -0.4 is 5.73 Å². The van der Waals surface area contributed by atoms with Crippen molar-refractivity contribution in [2.24, 2.45) is 5.73 Å². The van der Waals surface area contributed by atoms with Gasteiger partial charge >= 0.3 is 0 Å². The van der Waals surface area contributed by atoms with E-state index in [0.29, 0.717) is 13.0 Å². The maximum absolute atomic E-state index is 7.03. The fraction of sp³-hybridized carbons (Fsp3) is 0.875. The van der Waals surface area contributed by atoms with Crippen molar-refractivity contribution < 1.29 is 4.74 Å². The first-order valence-electron chi connectivity index (χ1n) is 3.95. The standard InChI is InChI=1S/C8H18N2O/c1-4-11-8(2,3)6-5-7(9)10/h4-6H2,1-3H3,(H3,9,10). The number of hydrogen-bond donors (Lipinski definition) is 2. The Balaban J connectivity index is 3.63. The summed E-state index contributed by atoms with van der Waals surface area (Å²) in [6, 6.07) is 0. The van der Waals surface area contributed by atoms with Gasteiger partial charge in [0.1, 0.15) is 0 Å². The largest absolute Gasteiger partial charge is 0.388 e. The Labute approximate surface area is 68.4 Å². The van der Waals surface area contributed by atoms with Crippen LogP contribution in [0.2, 0.25) is 0 Å². The van der Waals surface area contributed by atoms with Crippen molar-refractivity contribution in [3.05, 3.63) is 0 Å². The fourth-order valence-electron chi connectivity index (χ4n) is 0.899. The predicted molar refractivity (Wildman–Crippen MR) is 46.9 cm³/mol. The Hall–Kier alpha value is -0.570. The van der Waals surface area contributed by atoms with E-state index in [1.165, 1.54) is 0 Å². The van der Waals surface area contributed by atoms with Gasteiger partial charge in [0.05, 0.1) is 11.4 Å². The molecule has 3 nitrogen and oxygen atoms in total. The molecule has 11 heavy (non-hydrogen) atoms. The number of hydrogen-bond acceptors (Lipinski definition) is 2. The molecule has 0 aliphatic rings. The van der Waals surface area contributed by atoms with Crippen LogP contribution in [0.4, 0.5) is 0 Å². The van der Waals surface area contributed by atoms with E-state index in [0.717, 1.165) is 6.42 Å². The minimum Gasteiger partial charge on any atom is -0.388 e. The summed E-state index contributed by atoms with van der Waals surface area (Å²) < 4.78 is 5.43. The molecule has 0 atom stereocenters. The number of amidine groups is 1. The fourth-order valence-corrected chi connectivity index (χ4v) is 0.899. The van der Waals surface area contributed by atoms with E-state index in [4.69, 9.17) is 15.9 Å². The summed E-state index contributed by atoms with van der Waals surface area (Å²) in [6.07, 6.45) is 1.43. The quantitative estimate of drug-likeness (QED) is 0.470. The third-order valence-corrected chi connectivity index (χ3v) is 1.53. The second kappa shape index (κ2) is 4.34. The molecule has 0 spiro atoms. The first-order chi connectivity index (χ1) is 4.98. The predicted octanol–water partition coefficient (Wildman–Crippen LogP) is 1.52. The van der Waals surface area contributed by atoms with Crippen LogP contribution in [0.5, 0.6) is 0 Å². The van der Waals surface area contributed by atoms with Crippen molar-refractivity contribution >= 4 is 5.84 Å². The Morgan fingerprint density at radius 3 is 2.45 bits per heavy atom. The highest BCUT2D eigenvalue weighted by atomic mass is 16.5. The summed E-state index contributed by atoms with van der Waals surface area (Å²) in [7, 11) is 0. The molecule has 0 saturated carbocycles. The third-order valence-electron chi connectivity index (χ3n) is 1.53. The van der Waals surface area contributed by atoms with Gasteiger partial charge in [-0.05, 0) is 27.2 Å². The van der Waals surface area contributed by atoms with Crippen LogP contribution >= 0.6 is 0 Å². The summed E-state index contributed by atoms with van der Waals surface area (Å²) in [6.45, 7) is 6.71. The average molecular weight is 158 g/mol. The topological polar surface area (TPSA) is 59.1 Å². The van der Waals surface area contributed by atoms with Gasteiger partial charge < -0.3 is 10.5 Å². The summed E-state index contributed by atoms with van der Waals surface area (Å²) in [5.74, 6) is 0.234. The molecule has 0 aromatic carbocycles. The van der Waals surface area contributed by atoms with Gasteiger partial charge in [-0.3, -0.25) is 5.41 Å². The van der Waals surface area contributed by atoms with Crippen molar-refractivity contribution in [1.29, 1.82) is 5.41 Å². The lowest BCUT2D eigenvalue weighted by atomic mass is 10.0. The van der Waals surface area contributed by atoms with Gasteiger partial charge in [0.15, 0.2) is 0 Å². The van der Waals surface area contributed by atoms with Crippen LogP contribution in [0, 0.1) is 5.41 Å². The van der Waals surface area contributed by atoms with Crippen molar-refractivity contribution in [2.45, 2.75) is 39.2 Å². The molecule has 0 heterocycles. The lowest BCUT2D eigenvalue weighted by molar-refractivity contribution is -0.0146. The molecule has 0 aromatic heterocycles. The van der Waals surface area contributed by atoms with E-state index in [1.807, 2.05) is 20.8 Å². The van der Waals surface area contributed by atoms with E-state index in [1.54, 1.807) is 0 Å². The van der Waals surface area contributed by atoms with Gasteiger partial charge in [-0.15, -0.1) is 0 Å².